The molecule has 1 aliphatic heterocycles. The van der Waals surface area contributed by atoms with Crippen molar-refractivity contribution in [1.82, 2.24) is 4.90 Å². The van der Waals surface area contributed by atoms with Crippen molar-refractivity contribution in [3.05, 3.63) is 86.7 Å². The number of benzene rings is 2. The summed E-state index contributed by atoms with van der Waals surface area (Å²) in [5, 5.41) is 0.908. The van der Waals surface area contributed by atoms with Gasteiger partial charge in [-0.2, -0.15) is 0 Å². The number of furan rings is 1. The molecular weight excluding hydrogens is 464 g/mol. The second-order valence-corrected chi connectivity index (χ2v) is 9.03. The zero-order valence-corrected chi connectivity index (χ0v) is 18.5. The number of hydrogen-bond acceptors (Lipinski definition) is 4. The summed E-state index contributed by atoms with van der Waals surface area (Å²) in [7, 11) is 0. The fraction of sp³-hybridized carbons (Fsp3) is 0.0909. The Bertz CT molecular complexity index is 1160. The summed E-state index contributed by atoms with van der Waals surface area (Å²) in [4.78, 5) is 14.8. The van der Waals surface area contributed by atoms with E-state index in [1.165, 1.54) is 23.9 Å². The van der Waals surface area contributed by atoms with Gasteiger partial charge in [0.1, 0.15) is 21.7 Å². The van der Waals surface area contributed by atoms with Crippen LogP contribution >= 0.6 is 47.2 Å². The number of hydrogen-bond donors (Lipinski definition) is 0. The van der Waals surface area contributed by atoms with Gasteiger partial charge in [0, 0.05) is 18.2 Å². The molecule has 0 N–H and O–H groups in total. The molecule has 1 amide bonds. The number of carbonyl (C=O) groups excluding carboxylic acids is 1. The number of thiocarbonyl (C=S) groups is 1. The summed E-state index contributed by atoms with van der Waals surface area (Å²) in [5.74, 6) is 0.701. The van der Waals surface area contributed by atoms with Gasteiger partial charge in [-0.25, -0.2) is 4.39 Å². The van der Waals surface area contributed by atoms with Crippen LogP contribution in [0, 0.1) is 5.82 Å². The van der Waals surface area contributed by atoms with Crippen LogP contribution in [-0.2, 0) is 11.2 Å². The molecule has 4 rings (SSSR count). The van der Waals surface area contributed by atoms with Gasteiger partial charge in [-0.15, -0.1) is 0 Å². The number of rotatable bonds is 5. The predicted octanol–water partition coefficient (Wildman–Crippen LogP) is 6.84. The monoisotopic (exact) mass is 477 g/mol. The molecule has 1 aliphatic rings. The zero-order valence-electron chi connectivity index (χ0n) is 15.4. The molecule has 1 aromatic heterocycles. The molecule has 0 atom stereocenters. The predicted molar refractivity (Wildman–Crippen MR) is 124 cm³/mol. The fourth-order valence-electron chi connectivity index (χ4n) is 2.95. The highest BCUT2D eigenvalue weighted by atomic mass is 35.5. The quantitative estimate of drug-likeness (QED) is 0.297. The first-order valence-corrected chi connectivity index (χ1v) is 10.9. The minimum Gasteiger partial charge on any atom is -0.457 e. The lowest BCUT2D eigenvalue weighted by molar-refractivity contribution is -0.122. The molecule has 3 nitrogen and oxygen atoms in total. The maximum atomic E-state index is 13.0. The van der Waals surface area contributed by atoms with Crippen molar-refractivity contribution in [2.75, 3.05) is 6.54 Å². The Morgan fingerprint density at radius 1 is 1.07 bits per heavy atom. The van der Waals surface area contributed by atoms with Gasteiger partial charge in [0.25, 0.3) is 5.91 Å². The van der Waals surface area contributed by atoms with Crippen LogP contribution < -0.4 is 0 Å². The van der Waals surface area contributed by atoms with Crippen LogP contribution in [0.25, 0.3) is 17.4 Å². The van der Waals surface area contributed by atoms with Crippen molar-refractivity contribution in [1.29, 1.82) is 0 Å². The molecule has 0 radical (unpaired) electrons. The Morgan fingerprint density at radius 3 is 2.57 bits per heavy atom. The van der Waals surface area contributed by atoms with E-state index in [4.69, 9.17) is 39.8 Å². The Balaban J connectivity index is 1.47. The van der Waals surface area contributed by atoms with Gasteiger partial charge in [-0.3, -0.25) is 9.69 Å². The third-order valence-corrected chi connectivity index (χ3v) is 6.63. The fourth-order valence-corrected chi connectivity index (χ4v) is 4.54. The SMILES string of the molecule is O=C1/C(=C/c2ccc(-c3ccc(Cl)c(Cl)c3)o2)SC(=S)N1CCc1ccc(F)cc1. The molecule has 1 saturated heterocycles. The van der Waals surface area contributed by atoms with Crippen LogP contribution in [0.3, 0.4) is 0 Å². The van der Waals surface area contributed by atoms with Gasteiger partial charge >= 0.3 is 0 Å². The van der Waals surface area contributed by atoms with E-state index in [1.807, 2.05) is 6.07 Å². The van der Waals surface area contributed by atoms with Crippen LogP contribution in [0.1, 0.15) is 11.3 Å². The molecule has 8 heteroatoms. The molecule has 152 valence electrons. The molecule has 0 spiro atoms. The highest BCUT2D eigenvalue weighted by molar-refractivity contribution is 8.26. The smallest absolute Gasteiger partial charge is 0.266 e. The Morgan fingerprint density at radius 2 is 1.83 bits per heavy atom. The van der Waals surface area contributed by atoms with E-state index in [0.29, 0.717) is 43.8 Å². The minimum atomic E-state index is -0.286. The third kappa shape index (κ3) is 4.62. The highest BCUT2D eigenvalue weighted by Crippen LogP contribution is 2.34. The number of thioether (sulfide) groups is 1. The van der Waals surface area contributed by atoms with E-state index in [2.05, 4.69) is 0 Å². The second kappa shape index (κ2) is 8.94. The van der Waals surface area contributed by atoms with Gasteiger partial charge < -0.3 is 4.42 Å². The third-order valence-electron chi connectivity index (χ3n) is 4.52. The van der Waals surface area contributed by atoms with E-state index in [1.54, 1.807) is 47.4 Å². The number of amides is 1. The van der Waals surface area contributed by atoms with E-state index >= 15 is 0 Å². The topological polar surface area (TPSA) is 33.5 Å². The number of halogens is 3. The van der Waals surface area contributed by atoms with Gasteiger partial charge in [0.15, 0.2) is 0 Å². The first kappa shape index (κ1) is 21.1. The Hall–Kier alpha value is -2.12. The summed E-state index contributed by atoms with van der Waals surface area (Å²) >= 11 is 18.6. The first-order valence-electron chi connectivity index (χ1n) is 8.96. The molecule has 2 heterocycles. The molecule has 30 heavy (non-hydrogen) atoms. The lowest BCUT2D eigenvalue weighted by Gasteiger charge is -2.14. The average Bonchev–Trinajstić information content (AvgIpc) is 3.29. The summed E-state index contributed by atoms with van der Waals surface area (Å²) < 4.78 is 19.4. The summed E-state index contributed by atoms with van der Waals surface area (Å²) in [6, 6.07) is 15.0. The zero-order chi connectivity index (χ0) is 21.3. The summed E-state index contributed by atoms with van der Waals surface area (Å²) in [6.45, 7) is 0.431. The number of nitrogens with zero attached hydrogens (tertiary/aromatic N) is 1. The standard InChI is InChI=1S/C22H14Cl2FNO2S2/c23-17-7-3-14(11-18(17)24)19-8-6-16(28-19)12-20-21(27)26(22(29)30-20)10-9-13-1-4-15(25)5-2-13/h1-8,11-12H,9-10H2/b20-12-. The van der Waals surface area contributed by atoms with E-state index < -0.39 is 0 Å². The highest BCUT2D eigenvalue weighted by Gasteiger charge is 2.31. The second-order valence-electron chi connectivity index (χ2n) is 6.54. The molecule has 0 bridgehead atoms. The van der Waals surface area contributed by atoms with Crippen molar-refractivity contribution in [3.63, 3.8) is 0 Å². The molecule has 0 saturated carbocycles. The maximum absolute atomic E-state index is 13.0. The number of carbonyl (C=O) groups is 1. The summed E-state index contributed by atoms with van der Waals surface area (Å²) in [6.07, 6.45) is 2.26. The Kier molecular flexibility index (Phi) is 6.29. The maximum Gasteiger partial charge on any atom is 0.266 e. The molecule has 1 fully saturated rings. The minimum absolute atomic E-state index is 0.167. The van der Waals surface area contributed by atoms with E-state index in [-0.39, 0.29) is 11.7 Å². The van der Waals surface area contributed by atoms with Gasteiger partial charge in [-0.1, -0.05) is 59.3 Å². The van der Waals surface area contributed by atoms with Crippen molar-refractivity contribution in [2.45, 2.75) is 6.42 Å². The summed E-state index contributed by atoms with van der Waals surface area (Å²) in [5.41, 5.74) is 1.72. The Labute approximate surface area is 192 Å². The van der Waals surface area contributed by atoms with Gasteiger partial charge in [0.2, 0.25) is 0 Å². The van der Waals surface area contributed by atoms with Crippen molar-refractivity contribution in [3.8, 4) is 11.3 Å². The van der Waals surface area contributed by atoms with Crippen LogP contribution in [0.2, 0.25) is 10.0 Å². The average molecular weight is 478 g/mol. The molecule has 2 aromatic carbocycles. The van der Waals surface area contributed by atoms with Crippen molar-refractivity contribution >= 4 is 63.5 Å². The van der Waals surface area contributed by atoms with Crippen LogP contribution in [0.5, 0.6) is 0 Å². The normalized spacial score (nSPS) is 15.4. The lowest BCUT2D eigenvalue weighted by atomic mass is 10.1. The van der Waals surface area contributed by atoms with Crippen molar-refractivity contribution in [2.24, 2.45) is 0 Å². The molecule has 0 aliphatic carbocycles. The molecular formula is C22H14Cl2FNO2S2. The lowest BCUT2D eigenvalue weighted by Crippen LogP contribution is -2.30. The van der Waals surface area contributed by atoms with Crippen LogP contribution in [0.15, 0.2) is 63.9 Å². The molecule has 3 aromatic rings. The van der Waals surface area contributed by atoms with E-state index in [0.717, 1.165) is 11.1 Å². The van der Waals surface area contributed by atoms with Crippen molar-refractivity contribution < 1.29 is 13.6 Å². The van der Waals surface area contributed by atoms with Gasteiger partial charge in [0.05, 0.1) is 15.0 Å². The van der Waals surface area contributed by atoms with Crippen LogP contribution in [-0.4, -0.2) is 21.7 Å². The largest absolute Gasteiger partial charge is 0.457 e. The molecule has 0 unspecified atom stereocenters. The van der Waals surface area contributed by atoms with Crippen LogP contribution in [0.4, 0.5) is 4.39 Å². The first-order chi connectivity index (χ1) is 14.4. The van der Waals surface area contributed by atoms with E-state index in [9.17, 15) is 9.18 Å². The van der Waals surface area contributed by atoms with Gasteiger partial charge in [-0.05, 0) is 54.4 Å².